The Kier molecular flexibility index (Phi) is 4.75. The van der Waals surface area contributed by atoms with Gasteiger partial charge in [0.1, 0.15) is 0 Å². The molecule has 1 heterocycles. The second kappa shape index (κ2) is 5.67. The predicted octanol–water partition coefficient (Wildman–Crippen LogP) is 1.14. The summed E-state index contributed by atoms with van der Waals surface area (Å²) in [4.78, 5) is 1.45. The van der Waals surface area contributed by atoms with Crippen LogP contribution < -0.4 is 0 Å². The van der Waals surface area contributed by atoms with Gasteiger partial charge in [0.05, 0.1) is 0 Å². The molecule has 2 radical (unpaired) electrons. The molecular formula is C13H20BNO2. The molecule has 0 aliphatic carbocycles. The SMILES string of the molecule is CC.[B]C(O)(O)N1CCc2ccc(C)cc2C1. The molecule has 2 N–H and O–H groups in total. The van der Waals surface area contributed by atoms with E-state index in [0.29, 0.717) is 13.1 Å². The highest BCUT2D eigenvalue weighted by Crippen LogP contribution is 2.22. The van der Waals surface area contributed by atoms with Crippen LogP contribution in [0.2, 0.25) is 0 Å². The van der Waals surface area contributed by atoms with Crippen LogP contribution >= 0.6 is 0 Å². The lowest BCUT2D eigenvalue weighted by Crippen LogP contribution is -2.51. The number of benzene rings is 1. The summed E-state index contributed by atoms with van der Waals surface area (Å²) in [7, 11) is 5.24. The zero-order valence-corrected chi connectivity index (χ0v) is 10.8. The Morgan fingerprint density at radius 2 is 1.88 bits per heavy atom. The number of hydrogen-bond acceptors (Lipinski definition) is 3. The lowest BCUT2D eigenvalue weighted by Gasteiger charge is -2.37. The molecule has 0 spiro atoms. The number of hydrogen-bond donors (Lipinski definition) is 2. The Hall–Kier alpha value is -0.835. The van der Waals surface area contributed by atoms with Gasteiger partial charge in [0.2, 0.25) is 0 Å². The molecule has 0 bridgehead atoms. The molecule has 0 saturated carbocycles. The van der Waals surface area contributed by atoms with Gasteiger partial charge >= 0.3 is 0 Å². The molecule has 0 atom stereocenters. The quantitative estimate of drug-likeness (QED) is 0.564. The third-order valence-electron chi connectivity index (χ3n) is 2.84. The third-order valence-corrected chi connectivity index (χ3v) is 2.84. The Balaban J connectivity index is 0.000000686. The predicted molar refractivity (Wildman–Crippen MR) is 69.6 cm³/mol. The fourth-order valence-electron chi connectivity index (χ4n) is 1.97. The van der Waals surface area contributed by atoms with Crippen molar-refractivity contribution in [2.24, 2.45) is 0 Å². The highest BCUT2D eigenvalue weighted by Gasteiger charge is 2.28. The van der Waals surface area contributed by atoms with Gasteiger partial charge in [-0.25, -0.2) is 0 Å². The lowest BCUT2D eigenvalue weighted by atomic mass is 9.94. The normalized spacial score (nSPS) is 15.8. The molecule has 1 aromatic rings. The average Bonchev–Trinajstić information content (AvgIpc) is 2.29. The molecule has 0 aromatic heterocycles. The van der Waals surface area contributed by atoms with Gasteiger partial charge in [0.15, 0.2) is 13.7 Å². The zero-order chi connectivity index (χ0) is 13.1. The van der Waals surface area contributed by atoms with E-state index in [1.54, 1.807) is 0 Å². The molecule has 3 nitrogen and oxygen atoms in total. The Bertz CT molecular complexity index is 374. The summed E-state index contributed by atoms with van der Waals surface area (Å²) in [5.74, 6) is -2.21. The van der Waals surface area contributed by atoms with Gasteiger partial charge < -0.3 is 10.2 Å². The first-order valence-electron chi connectivity index (χ1n) is 6.04. The first-order chi connectivity index (χ1) is 7.97. The van der Waals surface area contributed by atoms with Crippen molar-refractivity contribution < 1.29 is 10.2 Å². The van der Waals surface area contributed by atoms with Gasteiger partial charge in [0, 0.05) is 13.1 Å². The molecule has 2 rings (SSSR count). The Morgan fingerprint density at radius 1 is 1.24 bits per heavy atom. The van der Waals surface area contributed by atoms with Crippen LogP contribution in [0.1, 0.15) is 30.5 Å². The van der Waals surface area contributed by atoms with E-state index in [-0.39, 0.29) is 0 Å². The Morgan fingerprint density at radius 3 is 2.47 bits per heavy atom. The number of nitrogens with zero attached hydrogens (tertiary/aromatic N) is 1. The largest absolute Gasteiger partial charge is 0.362 e. The topological polar surface area (TPSA) is 43.7 Å². The number of fused-ring (bicyclic) bond motifs is 1. The van der Waals surface area contributed by atoms with E-state index in [1.165, 1.54) is 16.0 Å². The molecule has 4 heteroatoms. The number of rotatable bonds is 1. The highest BCUT2D eigenvalue weighted by atomic mass is 16.5. The maximum absolute atomic E-state index is 9.30. The van der Waals surface area contributed by atoms with E-state index in [0.717, 1.165) is 12.0 Å². The summed E-state index contributed by atoms with van der Waals surface area (Å²) in [6, 6.07) is 6.23. The number of aliphatic hydroxyl groups is 2. The summed E-state index contributed by atoms with van der Waals surface area (Å²) in [5.41, 5.74) is 3.56. The van der Waals surface area contributed by atoms with Crippen LogP contribution in [0.5, 0.6) is 0 Å². The monoisotopic (exact) mass is 233 g/mol. The molecule has 0 fully saturated rings. The van der Waals surface area contributed by atoms with Crippen molar-refractivity contribution in [3.8, 4) is 0 Å². The molecule has 1 aromatic carbocycles. The van der Waals surface area contributed by atoms with Crippen molar-refractivity contribution >= 4 is 7.85 Å². The molecule has 0 amide bonds. The van der Waals surface area contributed by atoms with Crippen LogP contribution in [0.15, 0.2) is 18.2 Å². The molecule has 0 unspecified atom stereocenters. The van der Waals surface area contributed by atoms with E-state index in [1.807, 2.05) is 20.8 Å². The van der Waals surface area contributed by atoms with Crippen LogP contribution in [-0.2, 0) is 13.0 Å². The highest BCUT2D eigenvalue weighted by molar-refractivity contribution is 6.12. The van der Waals surface area contributed by atoms with Crippen molar-refractivity contribution in [1.82, 2.24) is 4.90 Å². The molecule has 1 aliphatic rings. The van der Waals surface area contributed by atoms with Crippen molar-refractivity contribution in [2.45, 2.75) is 39.5 Å². The summed E-state index contributed by atoms with van der Waals surface area (Å²) < 4.78 is 0. The first-order valence-corrected chi connectivity index (χ1v) is 6.04. The van der Waals surface area contributed by atoms with Crippen LogP contribution in [0.25, 0.3) is 0 Å². The van der Waals surface area contributed by atoms with Crippen molar-refractivity contribution in [3.05, 3.63) is 34.9 Å². The summed E-state index contributed by atoms with van der Waals surface area (Å²) in [6.45, 7) is 7.08. The molecule has 0 saturated heterocycles. The number of aryl methyl sites for hydroxylation is 1. The summed E-state index contributed by atoms with van der Waals surface area (Å²) in [6.07, 6.45) is 0.801. The third kappa shape index (κ3) is 3.56. The minimum atomic E-state index is -2.21. The maximum atomic E-state index is 9.30. The van der Waals surface area contributed by atoms with Crippen LogP contribution in [0.3, 0.4) is 0 Å². The van der Waals surface area contributed by atoms with E-state index in [2.05, 4.69) is 18.2 Å². The minimum Gasteiger partial charge on any atom is -0.362 e. The van der Waals surface area contributed by atoms with E-state index in [9.17, 15) is 10.2 Å². The minimum absolute atomic E-state index is 0.487. The molecule has 17 heavy (non-hydrogen) atoms. The van der Waals surface area contributed by atoms with Crippen molar-refractivity contribution in [1.29, 1.82) is 0 Å². The summed E-state index contributed by atoms with van der Waals surface area (Å²) in [5, 5.41) is 18.6. The maximum Gasteiger partial charge on any atom is 0.178 e. The van der Waals surface area contributed by atoms with Crippen LogP contribution in [0.4, 0.5) is 0 Å². The smallest absolute Gasteiger partial charge is 0.178 e. The van der Waals surface area contributed by atoms with E-state index >= 15 is 0 Å². The second-order valence-electron chi connectivity index (χ2n) is 4.13. The van der Waals surface area contributed by atoms with Gasteiger partial charge in [-0.3, -0.25) is 4.90 Å². The molecule has 1 aliphatic heterocycles. The summed E-state index contributed by atoms with van der Waals surface area (Å²) >= 11 is 0. The fourth-order valence-corrected chi connectivity index (χ4v) is 1.97. The average molecular weight is 233 g/mol. The van der Waals surface area contributed by atoms with Gasteiger partial charge in [-0.2, -0.15) is 0 Å². The van der Waals surface area contributed by atoms with E-state index < -0.39 is 5.81 Å². The van der Waals surface area contributed by atoms with Gasteiger partial charge in [0.25, 0.3) is 0 Å². The van der Waals surface area contributed by atoms with Crippen molar-refractivity contribution in [2.75, 3.05) is 6.54 Å². The second-order valence-corrected chi connectivity index (χ2v) is 4.13. The van der Waals surface area contributed by atoms with Crippen LogP contribution in [0, 0.1) is 6.92 Å². The zero-order valence-electron chi connectivity index (χ0n) is 10.8. The standard InChI is InChI=1S/C11H14BNO2.C2H6/c1-8-2-3-9-4-5-13(11(12,14)15)7-10(9)6-8;1-2/h2-3,6,14-15H,4-5,7H2,1H3;1-2H3. The van der Waals surface area contributed by atoms with Crippen molar-refractivity contribution in [3.63, 3.8) is 0 Å². The van der Waals surface area contributed by atoms with E-state index in [4.69, 9.17) is 7.85 Å². The van der Waals surface area contributed by atoms with Gasteiger partial charge in [-0.15, -0.1) is 0 Å². The molecule has 92 valence electrons. The lowest BCUT2D eigenvalue weighted by molar-refractivity contribution is -0.202. The Labute approximate surface area is 104 Å². The van der Waals surface area contributed by atoms with Gasteiger partial charge in [-0.05, 0) is 24.5 Å². The molecular weight excluding hydrogens is 213 g/mol. The van der Waals surface area contributed by atoms with Crippen LogP contribution in [-0.4, -0.2) is 35.3 Å². The van der Waals surface area contributed by atoms with Gasteiger partial charge in [-0.1, -0.05) is 37.6 Å². The first kappa shape index (κ1) is 14.2. The fraction of sp³-hybridized carbons (Fsp3) is 0.538.